The summed E-state index contributed by atoms with van der Waals surface area (Å²) in [6.07, 6.45) is 6.21. The Morgan fingerprint density at radius 2 is 1.63 bits per heavy atom. The monoisotopic (exact) mass is 333 g/mol. The van der Waals surface area contributed by atoms with Crippen LogP contribution in [-0.2, 0) is 26.4 Å². The largest absolute Gasteiger partial charge is 1.00 e. The van der Waals surface area contributed by atoms with Crippen LogP contribution in [0.25, 0.3) is 11.8 Å². The van der Waals surface area contributed by atoms with Crippen molar-refractivity contribution < 1.29 is 44.8 Å². The first kappa shape index (κ1) is 24.1. The number of hydrogen-bond acceptors (Lipinski definition) is 0. The second-order valence-electron chi connectivity index (χ2n) is 4.38. The molecule has 2 rings (SSSR count). The van der Waals surface area contributed by atoms with Gasteiger partial charge in [0.15, 0.2) is 0 Å². The molecule has 1 N–H and O–H groups in total. The molecule has 0 spiro atoms. The van der Waals surface area contributed by atoms with Gasteiger partial charge in [0.1, 0.15) is 0 Å². The molecule has 0 aromatic heterocycles. The van der Waals surface area contributed by atoms with E-state index in [-0.39, 0.29) is 30.9 Å². The molecular formula is C15H21Cl2NTi-2. The molecule has 1 aliphatic carbocycles. The summed E-state index contributed by atoms with van der Waals surface area (Å²) in [4.78, 5) is 0. The molecule has 19 heavy (non-hydrogen) atoms. The van der Waals surface area contributed by atoms with E-state index < -0.39 is 0 Å². The van der Waals surface area contributed by atoms with Crippen LogP contribution in [-0.4, -0.2) is 9.85 Å². The van der Waals surface area contributed by atoms with Crippen molar-refractivity contribution in [2.24, 2.45) is 0 Å². The van der Waals surface area contributed by atoms with Crippen LogP contribution >= 0.6 is 0 Å². The molecule has 1 aromatic carbocycles. The van der Waals surface area contributed by atoms with Crippen LogP contribution in [0.15, 0.2) is 24.3 Å². The molecule has 0 bridgehead atoms. The minimum absolute atomic E-state index is 0. The third kappa shape index (κ3) is 16.0. The summed E-state index contributed by atoms with van der Waals surface area (Å²) < 4.78 is 1.42. The van der Waals surface area contributed by atoms with E-state index in [1.807, 2.05) is 13.8 Å². The van der Waals surface area contributed by atoms with Crippen molar-refractivity contribution in [1.29, 1.82) is 0 Å². The van der Waals surface area contributed by atoms with Crippen LogP contribution < -0.4 is 24.8 Å². The number of rotatable bonds is 0. The molecule has 4 heteroatoms. The molecule has 0 radical (unpaired) electrons. The van der Waals surface area contributed by atoms with E-state index in [2.05, 4.69) is 70.2 Å². The Morgan fingerprint density at radius 3 is 2.05 bits per heavy atom. The van der Waals surface area contributed by atoms with Crippen LogP contribution in [0.2, 0.25) is 0 Å². The molecule has 0 heterocycles. The van der Waals surface area contributed by atoms with Gasteiger partial charge in [-0.2, -0.15) is 5.56 Å². The SMILES string of the molecule is CC(C)[NH-].C[C](C)=[Ti+2].[C-]1=Cc2ccccc2C1.[Cl-].[Cl-]. The zero-order valence-electron chi connectivity index (χ0n) is 11.9. The molecule has 0 aliphatic heterocycles. The van der Waals surface area contributed by atoms with Crippen molar-refractivity contribution in [1.82, 2.24) is 0 Å². The Balaban J connectivity index is -0.000000224. The van der Waals surface area contributed by atoms with Gasteiger partial charge in [-0.25, -0.2) is 6.08 Å². The van der Waals surface area contributed by atoms with Gasteiger partial charge >= 0.3 is 37.6 Å². The fourth-order valence-electron chi connectivity index (χ4n) is 1.11. The Morgan fingerprint density at radius 1 is 1.21 bits per heavy atom. The van der Waals surface area contributed by atoms with Crippen molar-refractivity contribution in [3.05, 3.63) is 47.2 Å². The summed E-state index contributed by atoms with van der Waals surface area (Å²) in [5.41, 5.74) is 9.31. The number of nitrogens with one attached hydrogen (secondary N) is 1. The second kappa shape index (κ2) is 14.5. The van der Waals surface area contributed by atoms with E-state index in [0.29, 0.717) is 0 Å². The summed E-state index contributed by atoms with van der Waals surface area (Å²) in [6, 6.07) is 8.48. The summed E-state index contributed by atoms with van der Waals surface area (Å²) in [5.74, 6) is 0. The van der Waals surface area contributed by atoms with Gasteiger partial charge in [-0.05, 0) is 0 Å². The van der Waals surface area contributed by atoms with Gasteiger partial charge in [-0.3, -0.25) is 6.08 Å². The van der Waals surface area contributed by atoms with Gasteiger partial charge in [0.05, 0.1) is 0 Å². The molecule has 1 aromatic rings. The minimum atomic E-state index is 0. The molecule has 0 unspecified atom stereocenters. The summed E-state index contributed by atoms with van der Waals surface area (Å²) >= 11 is 2.08. The maximum absolute atomic E-state index is 6.58. The number of allylic oxidation sites excluding steroid dienone is 1. The van der Waals surface area contributed by atoms with Crippen molar-refractivity contribution in [2.75, 3.05) is 0 Å². The van der Waals surface area contributed by atoms with Gasteiger partial charge in [0.25, 0.3) is 0 Å². The van der Waals surface area contributed by atoms with Gasteiger partial charge in [0, 0.05) is 0 Å². The Kier molecular flexibility index (Phi) is 18.4. The van der Waals surface area contributed by atoms with E-state index in [4.69, 9.17) is 5.73 Å². The average Bonchev–Trinajstić information content (AvgIpc) is 2.62. The molecule has 0 atom stereocenters. The third-order valence-electron chi connectivity index (χ3n) is 1.61. The van der Waals surface area contributed by atoms with Gasteiger partial charge in [-0.1, -0.05) is 32.0 Å². The first-order valence-electron chi connectivity index (χ1n) is 5.81. The standard InChI is InChI=1S/C9H7.C3H8N.C3H6.2ClH.Ti/c1-2-5-9-7-3-6-8(9)4-1;1-3(2)4;1-3-2;;;/h1-2,4-6H,7H2;3-4H,1-2H3;1-2H3;2*1H;/q2*-1;;;;+2/p-2. The molecule has 0 saturated carbocycles. The fourth-order valence-corrected chi connectivity index (χ4v) is 1.11. The van der Waals surface area contributed by atoms with Crippen LogP contribution in [0.5, 0.6) is 0 Å². The topological polar surface area (TPSA) is 23.8 Å². The Labute approximate surface area is 141 Å². The second-order valence-corrected chi connectivity index (χ2v) is 5.94. The number of fused-ring (bicyclic) bond motifs is 1. The fraction of sp³-hybridized carbons (Fsp3) is 0.400. The van der Waals surface area contributed by atoms with Crippen LogP contribution in [0.3, 0.4) is 0 Å². The maximum Gasteiger partial charge on any atom is -0.0650 e. The number of halogens is 2. The van der Waals surface area contributed by atoms with Gasteiger partial charge < -0.3 is 30.5 Å². The average molecular weight is 334 g/mol. The van der Waals surface area contributed by atoms with Crippen molar-refractivity contribution in [3.63, 3.8) is 0 Å². The molecule has 1 aliphatic rings. The first-order valence-corrected chi connectivity index (χ1v) is 6.59. The van der Waals surface area contributed by atoms with Gasteiger partial charge in [-0.15, -0.1) is 24.1 Å². The maximum atomic E-state index is 6.58. The summed E-state index contributed by atoms with van der Waals surface area (Å²) in [5, 5.41) is 0. The Bertz CT molecular complexity index is 369. The zero-order chi connectivity index (χ0) is 13.3. The number of hydrogen-bond donors (Lipinski definition) is 0. The zero-order valence-corrected chi connectivity index (χ0v) is 15.0. The molecule has 0 amide bonds. The van der Waals surface area contributed by atoms with Crippen LogP contribution in [0.4, 0.5) is 0 Å². The van der Waals surface area contributed by atoms with E-state index >= 15 is 0 Å². The molecular weight excluding hydrogens is 313 g/mol. The molecule has 106 valence electrons. The molecule has 0 saturated heterocycles. The Hall–Kier alpha value is 0.0843. The van der Waals surface area contributed by atoms with Crippen LogP contribution in [0, 0.1) is 6.08 Å². The van der Waals surface area contributed by atoms with E-state index in [1.54, 1.807) is 0 Å². The van der Waals surface area contributed by atoms with Crippen molar-refractivity contribution >= 4 is 9.89 Å². The van der Waals surface area contributed by atoms with Gasteiger partial charge in [0.2, 0.25) is 0 Å². The number of benzene rings is 1. The minimum Gasteiger partial charge on any atom is -1.00 e. The van der Waals surface area contributed by atoms with Crippen molar-refractivity contribution in [3.8, 4) is 0 Å². The quantitative estimate of drug-likeness (QED) is 0.397. The van der Waals surface area contributed by atoms with Crippen LogP contribution in [0.1, 0.15) is 38.8 Å². The summed E-state index contributed by atoms with van der Waals surface area (Å²) in [7, 11) is 0. The smallest absolute Gasteiger partial charge is 0.0650 e. The first-order chi connectivity index (χ1) is 7.93. The van der Waals surface area contributed by atoms with Crippen molar-refractivity contribution in [2.45, 2.75) is 40.2 Å². The predicted molar refractivity (Wildman–Crippen MR) is 73.7 cm³/mol. The molecule has 0 fully saturated rings. The summed E-state index contributed by atoms with van der Waals surface area (Å²) in [6.45, 7) is 7.83. The third-order valence-corrected chi connectivity index (χ3v) is 1.61. The van der Waals surface area contributed by atoms with E-state index in [9.17, 15) is 0 Å². The normalized spacial score (nSPS) is 9.89. The van der Waals surface area contributed by atoms with E-state index in [0.717, 1.165) is 6.42 Å². The predicted octanol–water partition coefficient (Wildman–Crippen LogP) is -1.74. The molecule has 1 nitrogen and oxygen atoms in total. The van der Waals surface area contributed by atoms with E-state index in [1.165, 1.54) is 14.9 Å².